The fourth-order valence-electron chi connectivity index (χ4n) is 8.93. The molecule has 0 aliphatic rings. The molecule has 0 amide bonds. The number of carbonyl (C=O) groups is 3. The highest BCUT2D eigenvalue weighted by Crippen LogP contribution is 2.16. The molecule has 0 aliphatic carbocycles. The highest BCUT2D eigenvalue weighted by molar-refractivity contribution is 5.71. The molecule has 0 N–H and O–H groups in total. The van der Waals surface area contributed by atoms with Gasteiger partial charge in [0.25, 0.3) is 0 Å². The van der Waals surface area contributed by atoms with Crippen LogP contribution in [0.4, 0.5) is 0 Å². The fraction of sp³-hybridized carbons (Fsp3) is 0.704. The van der Waals surface area contributed by atoms with Crippen LogP contribution >= 0.6 is 0 Å². The molecule has 0 saturated carbocycles. The Bertz CT molecular complexity index is 1560. The molecule has 0 saturated heterocycles. The lowest BCUT2D eigenvalue weighted by Crippen LogP contribution is -2.30. The summed E-state index contributed by atoms with van der Waals surface area (Å²) < 4.78 is 16.9. The van der Waals surface area contributed by atoms with Gasteiger partial charge in [0.1, 0.15) is 13.2 Å². The summed E-state index contributed by atoms with van der Waals surface area (Å²) in [5.74, 6) is -0.902. The predicted octanol–water partition coefficient (Wildman–Crippen LogP) is 22.2. The van der Waals surface area contributed by atoms with Gasteiger partial charge in [0, 0.05) is 19.3 Å². The highest BCUT2D eigenvalue weighted by Gasteiger charge is 2.19. The van der Waals surface area contributed by atoms with Gasteiger partial charge < -0.3 is 14.2 Å². The third-order valence-corrected chi connectivity index (χ3v) is 13.7. The van der Waals surface area contributed by atoms with E-state index in [1.807, 2.05) is 0 Å². The summed E-state index contributed by atoms with van der Waals surface area (Å²) in [6, 6.07) is 0. The van der Waals surface area contributed by atoms with E-state index in [9.17, 15) is 14.4 Å². The average molecular weight is 1070 g/mol. The molecule has 0 aromatic rings. The van der Waals surface area contributed by atoms with Crippen molar-refractivity contribution in [1.29, 1.82) is 0 Å². The van der Waals surface area contributed by atoms with E-state index >= 15 is 0 Å². The zero-order valence-electron chi connectivity index (χ0n) is 50.4. The molecule has 0 aromatic carbocycles. The minimum atomic E-state index is -0.787. The van der Waals surface area contributed by atoms with E-state index in [4.69, 9.17) is 14.2 Å². The van der Waals surface area contributed by atoms with Crippen LogP contribution < -0.4 is 0 Å². The molecule has 6 heteroatoms. The molecule has 0 radical (unpaired) electrons. The Morgan fingerprint density at radius 3 is 0.857 bits per heavy atom. The Hall–Kier alpha value is -3.93. The van der Waals surface area contributed by atoms with Gasteiger partial charge in [-0.05, 0) is 103 Å². The van der Waals surface area contributed by atoms with Crippen LogP contribution in [0.3, 0.4) is 0 Å². The topological polar surface area (TPSA) is 78.9 Å². The van der Waals surface area contributed by atoms with Gasteiger partial charge in [-0.2, -0.15) is 0 Å². The summed E-state index contributed by atoms with van der Waals surface area (Å²) in [6.07, 6.45) is 88.2. The van der Waals surface area contributed by atoms with Crippen LogP contribution in [0.25, 0.3) is 0 Å². The Kier molecular flexibility index (Phi) is 61.3. The summed E-state index contributed by atoms with van der Waals surface area (Å²) in [5, 5.41) is 0. The fourth-order valence-corrected chi connectivity index (χ4v) is 8.93. The maximum Gasteiger partial charge on any atom is 0.306 e. The second-order valence-electron chi connectivity index (χ2n) is 21.3. The molecule has 0 fully saturated rings. The zero-order valence-corrected chi connectivity index (χ0v) is 50.4. The quantitative estimate of drug-likeness (QED) is 0.0261. The lowest BCUT2D eigenvalue weighted by Gasteiger charge is -2.18. The first kappa shape index (κ1) is 73.1. The minimum absolute atomic E-state index is 0.0853. The molecule has 0 rings (SSSR count). The Labute approximate surface area is 476 Å². The maximum absolute atomic E-state index is 12.9. The van der Waals surface area contributed by atoms with Crippen molar-refractivity contribution in [3.8, 4) is 0 Å². The number of ether oxygens (including phenoxy) is 3. The average Bonchev–Trinajstić information content (AvgIpc) is 3.43. The smallest absolute Gasteiger partial charge is 0.306 e. The Morgan fingerprint density at radius 1 is 0.273 bits per heavy atom. The van der Waals surface area contributed by atoms with Crippen LogP contribution in [0, 0.1) is 0 Å². The van der Waals surface area contributed by atoms with Gasteiger partial charge in [0.05, 0.1) is 0 Å². The molecule has 77 heavy (non-hydrogen) atoms. The number of hydrogen-bond acceptors (Lipinski definition) is 6. The van der Waals surface area contributed by atoms with Crippen molar-refractivity contribution in [3.63, 3.8) is 0 Å². The van der Waals surface area contributed by atoms with Gasteiger partial charge in [-0.3, -0.25) is 14.4 Å². The van der Waals surface area contributed by atoms with E-state index in [2.05, 4.69) is 130 Å². The monoisotopic (exact) mass is 1070 g/mol. The van der Waals surface area contributed by atoms with Gasteiger partial charge in [-0.25, -0.2) is 0 Å². The first-order valence-corrected chi connectivity index (χ1v) is 32.4. The lowest BCUT2D eigenvalue weighted by atomic mass is 10.0. The number of rotatable bonds is 58. The van der Waals surface area contributed by atoms with E-state index < -0.39 is 6.10 Å². The molecule has 0 spiro atoms. The largest absolute Gasteiger partial charge is 0.462 e. The molecule has 440 valence electrons. The van der Waals surface area contributed by atoms with Gasteiger partial charge in [-0.15, -0.1) is 0 Å². The standard InChI is InChI=1S/C71H120O6/c1-4-7-10-13-16-19-22-24-26-28-30-31-32-33-34-35-36-37-38-39-40-41-42-44-45-47-49-52-55-58-61-64-70(73)76-67-68(66-75-69(72)63-60-57-54-51-21-18-15-12-9-6-3)77-71(74)65-62-59-56-53-50-48-46-43-29-27-25-23-20-17-14-11-8-5-2/h7,10,12,15-16,19,24,26,30-31,33-34,36-37,39-40,42,44,68H,4-6,8-9,11,13-14,17-18,20-23,25,27-29,32,35,38,41,43,45-67H2,1-3H3/b10-7-,15-12-,19-16-,26-24-,31-30-,34-33-,37-36-,40-39-,44-42-. The van der Waals surface area contributed by atoms with E-state index in [0.29, 0.717) is 19.3 Å². The summed E-state index contributed by atoms with van der Waals surface area (Å²) in [7, 11) is 0. The molecule has 6 nitrogen and oxygen atoms in total. The van der Waals surface area contributed by atoms with Crippen molar-refractivity contribution in [2.75, 3.05) is 13.2 Å². The zero-order chi connectivity index (χ0) is 55.7. The predicted molar refractivity (Wildman–Crippen MR) is 334 cm³/mol. The second kappa shape index (κ2) is 64.6. The second-order valence-corrected chi connectivity index (χ2v) is 21.3. The van der Waals surface area contributed by atoms with Gasteiger partial charge in [0.15, 0.2) is 6.10 Å². The maximum atomic E-state index is 12.9. The highest BCUT2D eigenvalue weighted by atomic mass is 16.6. The molecular formula is C71H120O6. The van der Waals surface area contributed by atoms with Crippen LogP contribution in [-0.2, 0) is 28.6 Å². The van der Waals surface area contributed by atoms with Crippen molar-refractivity contribution in [2.45, 2.75) is 309 Å². The normalized spacial score (nSPS) is 12.8. The van der Waals surface area contributed by atoms with Gasteiger partial charge in [-0.1, -0.05) is 291 Å². The number of unbranched alkanes of at least 4 members (excludes halogenated alkanes) is 29. The molecule has 0 aromatic heterocycles. The molecule has 0 heterocycles. The molecule has 0 aliphatic heterocycles. The Balaban J connectivity index is 4.26. The van der Waals surface area contributed by atoms with Crippen LogP contribution in [0.2, 0.25) is 0 Å². The van der Waals surface area contributed by atoms with E-state index in [0.717, 1.165) is 135 Å². The molecular weight excluding hydrogens is 949 g/mol. The van der Waals surface area contributed by atoms with E-state index in [1.165, 1.54) is 128 Å². The number of esters is 3. The van der Waals surface area contributed by atoms with Crippen molar-refractivity contribution in [1.82, 2.24) is 0 Å². The van der Waals surface area contributed by atoms with E-state index in [1.54, 1.807) is 0 Å². The van der Waals surface area contributed by atoms with Crippen LogP contribution in [0.15, 0.2) is 109 Å². The molecule has 1 atom stereocenters. The molecule has 1 unspecified atom stereocenters. The summed E-state index contributed by atoms with van der Waals surface area (Å²) in [6.45, 7) is 6.47. The minimum Gasteiger partial charge on any atom is -0.462 e. The lowest BCUT2D eigenvalue weighted by molar-refractivity contribution is -0.167. The first-order valence-electron chi connectivity index (χ1n) is 32.4. The summed E-state index contributed by atoms with van der Waals surface area (Å²) in [4.78, 5) is 38.2. The number of carbonyl (C=O) groups excluding carboxylic acids is 3. The van der Waals surface area contributed by atoms with Crippen LogP contribution in [0.5, 0.6) is 0 Å². The van der Waals surface area contributed by atoms with Gasteiger partial charge >= 0.3 is 17.9 Å². The SMILES string of the molecule is CC/C=C\C/C=C\C/C=C\C/C=C\C/C=C\C/C=C\C/C=C\C/C=C\CCCCCCCCC(=O)OCC(COC(=O)CCCCCCC/C=C\CCC)OC(=O)CCCCCCCCCCCCCCCCCCCC. The Morgan fingerprint density at radius 2 is 0.532 bits per heavy atom. The van der Waals surface area contributed by atoms with Gasteiger partial charge in [0.2, 0.25) is 0 Å². The van der Waals surface area contributed by atoms with Crippen molar-refractivity contribution in [3.05, 3.63) is 109 Å². The number of hydrogen-bond donors (Lipinski definition) is 0. The van der Waals surface area contributed by atoms with Crippen molar-refractivity contribution >= 4 is 17.9 Å². The van der Waals surface area contributed by atoms with Crippen LogP contribution in [0.1, 0.15) is 303 Å². The van der Waals surface area contributed by atoms with Crippen LogP contribution in [-0.4, -0.2) is 37.2 Å². The number of allylic oxidation sites excluding steroid dienone is 18. The third-order valence-electron chi connectivity index (χ3n) is 13.7. The van der Waals surface area contributed by atoms with Crippen molar-refractivity contribution < 1.29 is 28.6 Å². The van der Waals surface area contributed by atoms with E-state index in [-0.39, 0.29) is 31.1 Å². The summed E-state index contributed by atoms with van der Waals surface area (Å²) >= 11 is 0. The first-order chi connectivity index (χ1) is 38.0. The van der Waals surface area contributed by atoms with Crippen molar-refractivity contribution in [2.24, 2.45) is 0 Å². The molecule has 0 bridgehead atoms. The third kappa shape index (κ3) is 62.8. The summed E-state index contributed by atoms with van der Waals surface area (Å²) in [5.41, 5.74) is 0.